The smallest absolute Gasteiger partial charge is 0.243 e. The van der Waals surface area contributed by atoms with Crippen molar-refractivity contribution in [2.24, 2.45) is 0 Å². The standard InChI is InChI=1S/C24H27N3O3/c1-3-30-23-17-20(8-12-22(23)29-2)5-4-14-26-24(28)13-9-19-6-10-21(11-7-19)27-16-15-25-18-27/h6-13,15-18H,3-5,14H2,1-2H3,(H,26,28)/b13-9+. The number of amides is 1. The lowest BCUT2D eigenvalue weighted by atomic mass is 10.1. The van der Waals surface area contributed by atoms with Crippen molar-refractivity contribution in [3.05, 3.63) is 78.4 Å². The van der Waals surface area contributed by atoms with Gasteiger partial charge in [0.2, 0.25) is 5.91 Å². The molecular weight excluding hydrogens is 378 g/mol. The van der Waals surface area contributed by atoms with Gasteiger partial charge in [0.05, 0.1) is 20.0 Å². The van der Waals surface area contributed by atoms with E-state index in [9.17, 15) is 4.79 Å². The molecular formula is C24H27N3O3. The number of rotatable bonds is 10. The predicted molar refractivity (Wildman–Crippen MR) is 118 cm³/mol. The van der Waals surface area contributed by atoms with Crippen LogP contribution in [0.2, 0.25) is 0 Å². The molecule has 3 aromatic rings. The topological polar surface area (TPSA) is 65.4 Å². The van der Waals surface area contributed by atoms with E-state index in [1.54, 1.807) is 25.7 Å². The highest BCUT2D eigenvalue weighted by Gasteiger charge is 2.05. The van der Waals surface area contributed by atoms with Crippen LogP contribution in [-0.2, 0) is 11.2 Å². The summed E-state index contributed by atoms with van der Waals surface area (Å²) in [6.45, 7) is 3.15. The van der Waals surface area contributed by atoms with Crippen LogP contribution < -0.4 is 14.8 Å². The summed E-state index contributed by atoms with van der Waals surface area (Å²) < 4.78 is 12.8. The number of ether oxygens (including phenoxy) is 2. The molecule has 6 heteroatoms. The van der Waals surface area contributed by atoms with E-state index in [0.717, 1.165) is 41.2 Å². The SMILES string of the molecule is CCOc1cc(CCCNC(=O)/C=C/c2ccc(-n3ccnc3)cc2)ccc1OC. The molecule has 156 valence electrons. The Morgan fingerprint density at radius 1 is 1.17 bits per heavy atom. The zero-order chi connectivity index (χ0) is 21.2. The summed E-state index contributed by atoms with van der Waals surface area (Å²) in [5.41, 5.74) is 3.15. The normalized spacial score (nSPS) is 10.9. The average Bonchev–Trinajstić information content (AvgIpc) is 3.31. The van der Waals surface area contributed by atoms with Gasteiger partial charge in [0.15, 0.2) is 11.5 Å². The van der Waals surface area contributed by atoms with E-state index in [1.165, 1.54) is 0 Å². The number of hydrogen-bond acceptors (Lipinski definition) is 4. The van der Waals surface area contributed by atoms with Crippen molar-refractivity contribution in [2.45, 2.75) is 19.8 Å². The third-order valence-electron chi connectivity index (χ3n) is 4.59. The number of aromatic nitrogens is 2. The Hall–Kier alpha value is -3.54. The van der Waals surface area contributed by atoms with Gasteiger partial charge in [-0.2, -0.15) is 0 Å². The number of nitrogens with zero attached hydrogens (tertiary/aromatic N) is 2. The molecule has 0 bridgehead atoms. The zero-order valence-corrected chi connectivity index (χ0v) is 17.4. The second kappa shape index (κ2) is 10.9. The fourth-order valence-electron chi connectivity index (χ4n) is 3.05. The minimum absolute atomic E-state index is 0.0987. The van der Waals surface area contributed by atoms with Crippen LogP contribution >= 0.6 is 0 Å². The van der Waals surface area contributed by atoms with Crippen LogP contribution in [0.25, 0.3) is 11.8 Å². The first-order chi connectivity index (χ1) is 14.7. The third kappa shape index (κ3) is 5.98. The fourth-order valence-corrected chi connectivity index (χ4v) is 3.05. The molecule has 0 radical (unpaired) electrons. The minimum Gasteiger partial charge on any atom is -0.493 e. The molecule has 0 fully saturated rings. The lowest BCUT2D eigenvalue weighted by molar-refractivity contribution is -0.116. The van der Waals surface area contributed by atoms with Gasteiger partial charge in [-0.05, 0) is 61.2 Å². The van der Waals surface area contributed by atoms with Gasteiger partial charge < -0.3 is 19.4 Å². The van der Waals surface area contributed by atoms with Crippen molar-refractivity contribution < 1.29 is 14.3 Å². The summed E-state index contributed by atoms with van der Waals surface area (Å²) in [6, 6.07) is 13.9. The van der Waals surface area contributed by atoms with Gasteiger partial charge >= 0.3 is 0 Å². The van der Waals surface area contributed by atoms with Crippen molar-refractivity contribution in [1.29, 1.82) is 0 Å². The lowest BCUT2D eigenvalue weighted by Crippen LogP contribution is -2.22. The first-order valence-electron chi connectivity index (χ1n) is 10.0. The third-order valence-corrected chi connectivity index (χ3v) is 4.59. The Morgan fingerprint density at radius 2 is 2.00 bits per heavy atom. The van der Waals surface area contributed by atoms with Crippen molar-refractivity contribution in [1.82, 2.24) is 14.9 Å². The highest BCUT2D eigenvalue weighted by molar-refractivity contribution is 5.91. The molecule has 0 aliphatic rings. The summed E-state index contributed by atoms with van der Waals surface area (Å²) >= 11 is 0. The molecule has 3 rings (SSSR count). The van der Waals surface area contributed by atoms with E-state index >= 15 is 0 Å². The van der Waals surface area contributed by atoms with Crippen LogP contribution in [-0.4, -0.2) is 35.7 Å². The second-order valence-electron chi connectivity index (χ2n) is 6.71. The van der Waals surface area contributed by atoms with E-state index in [0.29, 0.717) is 13.2 Å². The zero-order valence-electron chi connectivity index (χ0n) is 17.4. The Morgan fingerprint density at radius 3 is 2.70 bits per heavy atom. The number of nitrogens with one attached hydrogen (secondary N) is 1. The molecule has 30 heavy (non-hydrogen) atoms. The quantitative estimate of drug-likeness (QED) is 0.408. The van der Waals surface area contributed by atoms with Crippen LogP contribution in [0, 0.1) is 0 Å². The summed E-state index contributed by atoms with van der Waals surface area (Å²) in [6.07, 6.45) is 10.5. The van der Waals surface area contributed by atoms with Crippen LogP contribution in [0.4, 0.5) is 0 Å². The molecule has 1 heterocycles. The number of imidazole rings is 1. The summed E-state index contributed by atoms with van der Waals surface area (Å²) in [7, 11) is 1.63. The molecule has 1 aromatic heterocycles. The van der Waals surface area contributed by atoms with Crippen molar-refractivity contribution in [3.8, 4) is 17.2 Å². The maximum absolute atomic E-state index is 12.1. The Labute approximate surface area is 177 Å². The van der Waals surface area contributed by atoms with Crippen LogP contribution in [0.5, 0.6) is 11.5 Å². The fraction of sp³-hybridized carbons (Fsp3) is 0.250. The number of carbonyl (C=O) groups is 1. The molecule has 0 atom stereocenters. The van der Waals surface area contributed by atoms with E-state index in [1.807, 2.05) is 66.2 Å². The highest BCUT2D eigenvalue weighted by atomic mass is 16.5. The van der Waals surface area contributed by atoms with Crippen LogP contribution in [0.3, 0.4) is 0 Å². The van der Waals surface area contributed by atoms with Crippen molar-refractivity contribution in [3.63, 3.8) is 0 Å². The minimum atomic E-state index is -0.0987. The molecule has 0 saturated heterocycles. The highest BCUT2D eigenvalue weighted by Crippen LogP contribution is 2.28. The lowest BCUT2D eigenvalue weighted by Gasteiger charge is -2.11. The first-order valence-corrected chi connectivity index (χ1v) is 10.0. The summed E-state index contributed by atoms with van der Waals surface area (Å²) in [4.78, 5) is 16.1. The largest absolute Gasteiger partial charge is 0.493 e. The van der Waals surface area contributed by atoms with Gasteiger partial charge in [0.1, 0.15) is 0 Å². The monoisotopic (exact) mass is 405 g/mol. The average molecular weight is 405 g/mol. The van der Waals surface area contributed by atoms with Gasteiger partial charge in [-0.1, -0.05) is 18.2 Å². The molecule has 2 aromatic carbocycles. The van der Waals surface area contributed by atoms with Crippen LogP contribution in [0.1, 0.15) is 24.5 Å². The van der Waals surface area contributed by atoms with Crippen LogP contribution in [0.15, 0.2) is 67.3 Å². The number of benzene rings is 2. The van der Waals surface area contributed by atoms with Gasteiger partial charge in [-0.3, -0.25) is 4.79 Å². The molecule has 6 nitrogen and oxygen atoms in total. The van der Waals surface area contributed by atoms with Crippen molar-refractivity contribution >= 4 is 12.0 Å². The second-order valence-corrected chi connectivity index (χ2v) is 6.71. The molecule has 1 amide bonds. The van der Waals surface area contributed by atoms with E-state index in [2.05, 4.69) is 10.3 Å². The number of carbonyl (C=O) groups excluding carboxylic acids is 1. The van der Waals surface area contributed by atoms with Gasteiger partial charge in [0.25, 0.3) is 0 Å². The number of hydrogen-bond donors (Lipinski definition) is 1. The number of aryl methyl sites for hydroxylation is 1. The van der Waals surface area contributed by atoms with E-state index < -0.39 is 0 Å². The molecule has 0 spiro atoms. The van der Waals surface area contributed by atoms with Crippen molar-refractivity contribution in [2.75, 3.05) is 20.3 Å². The predicted octanol–water partition coefficient (Wildman–Crippen LogP) is 4.04. The molecule has 0 aliphatic carbocycles. The molecule has 1 N–H and O–H groups in total. The molecule has 0 saturated carbocycles. The number of methoxy groups -OCH3 is 1. The Balaban J connectivity index is 1.43. The summed E-state index contributed by atoms with van der Waals surface area (Å²) in [5.74, 6) is 1.39. The maximum atomic E-state index is 12.1. The van der Waals surface area contributed by atoms with Gasteiger partial charge in [-0.25, -0.2) is 4.98 Å². The summed E-state index contributed by atoms with van der Waals surface area (Å²) in [5, 5.41) is 2.93. The first kappa shape index (κ1) is 21.2. The van der Waals surface area contributed by atoms with Gasteiger partial charge in [-0.15, -0.1) is 0 Å². The van der Waals surface area contributed by atoms with Gasteiger partial charge in [0, 0.05) is 30.7 Å². The molecule has 0 aliphatic heterocycles. The maximum Gasteiger partial charge on any atom is 0.243 e. The Bertz CT molecular complexity index is 964. The van der Waals surface area contributed by atoms with E-state index in [-0.39, 0.29) is 5.91 Å². The Kier molecular flexibility index (Phi) is 7.66. The molecule has 0 unspecified atom stereocenters. The van der Waals surface area contributed by atoms with E-state index in [4.69, 9.17) is 9.47 Å².